The maximum atomic E-state index is 12.6. The third-order valence-electron chi connectivity index (χ3n) is 4.18. The van der Waals surface area contributed by atoms with E-state index in [4.69, 9.17) is 9.47 Å². The van der Waals surface area contributed by atoms with Crippen molar-refractivity contribution in [2.24, 2.45) is 0 Å². The molecule has 0 aliphatic rings. The van der Waals surface area contributed by atoms with Crippen LogP contribution in [0.25, 0.3) is 0 Å². The largest absolute Gasteiger partial charge is 0.490 e. The molecule has 0 aliphatic carbocycles. The molecule has 2 heterocycles. The van der Waals surface area contributed by atoms with E-state index in [0.29, 0.717) is 30.3 Å². The molecular weight excluding hydrogens is 354 g/mol. The van der Waals surface area contributed by atoms with Crippen LogP contribution >= 0.6 is 0 Å². The summed E-state index contributed by atoms with van der Waals surface area (Å²) in [7, 11) is 0. The topological polar surface area (TPSA) is 73.3 Å². The highest BCUT2D eigenvalue weighted by atomic mass is 16.5. The minimum Gasteiger partial charge on any atom is -0.490 e. The predicted octanol–water partition coefficient (Wildman–Crippen LogP) is 3.95. The quantitative estimate of drug-likeness (QED) is 0.644. The zero-order valence-corrected chi connectivity index (χ0v) is 16.0. The highest BCUT2D eigenvalue weighted by molar-refractivity contribution is 5.95. The molecule has 0 radical (unpaired) electrons. The summed E-state index contributed by atoms with van der Waals surface area (Å²) in [4.78, 5) is 20.7. The summed E-state index contributed by atoms with van der Waals surface area (Å²) in [5.41, 5.74) is 2.46. The molecule has 1 unspecified atom stereocenters. The molecule has 144 valence electrons. The molecule has 0 spiro atoms. The van der Waals surface area contributed by atoms with Crippen LogP contribution in [-0.4, -0.2) is 22.5 Å². The Hall–Kier alpha value is -3.41. The minimum absolute atomic E-state index is 0.132. The summed E-state index contributed by atoms with van der Waals surface area (Å²) in [6, 6.07) is 12.6. The summed E-state index contributed by atoms with van der Waals surface area (Å²) in [5.74, 6) is 0.948. The van der Waals surface area contributed by atoms with Gasteiger partial charge in [-0.1, -0.05) is 6.07 Å². The van der Waals surface area contributed by atoms with E-state index >= 15 is 0 Å². The van der Waals surface area contributed by atoms with Crippen LogP contribution < -0.4 is 14.8 Å². The third-order valence-corrected chi connectivity index (χ3v) is 4.18. The summed E-state index contributed by atoms with van der Waals surface area (Å²) in [6.07, 6.45) is 6.89. The van der Waals surface area contributed by atoms with Crippen LogP contribution in [0.2, 0.25) is 0 Å². The molecule has 2 aromatic heterocycles. The first kappa shape index (κ1) is 19.4. The zero-order chi connectivity index (χ0) is 19.8. The van der Waals surface area contributed by atoms with Crippen molar-refractivity contribution in [2.45, 2.75) is 26.5 Å². The number of ether oxygens (including phenoxy) is 2. The lowest BCUT2D eigenvalue weighted by molar-refractivity contribution is 0.0939. The maximum absolute atomic E-state index is 12.6. The number of benzene rings is 1. The normalized spacial score (nSPS) is 11.5. The number of aromatic nitrogens is 2. The molecule has 1 atom stereocenters. The fourth-order valence-electron chi connectivity index (χ4n) is 2.70. The van der Waals surface area contributed by atoms with Crippen LogP contribution in [0.5, 0.6) is 11.5 Å². The highest BCUT2D eigenvalue weighted by Gasteiger charge is 2.15. The van der Waals surface area contributed by atoms with Gasteiger partial charge in [0.15, 0.2) is 11.5 Å². The molecule has 0 saturated heterocycles. The lowest BCUT2D eigenvalue weighted by Gasteiger charge is -2.16. The van der Waals surface area contributed by atoms with Crippen molar-refractivity contribution in [1.29, 1.82) is 0 Å². The van der Waals surface area contributed by atoms with Crippen molar-refractivity contribution < 1.29 is 14.3 Å². The van der Waals surface area contributed by atoms with Gasteiger partial charge in [-0.3, -0.25) is 14.8 Å². The number of pyridine rings is 2. The van der Waals surface area contributed by atoms with Gasteiger partial charge >= 0.3 is 0 Å². The zero-order valence-electron chi connectivity index (χ0n) is 16.0. The van der Waals surface area contributed by atoms with Gasteiger partial charge in [-0.05, 0) is 55.8 Å². The Balaban J connectivity index is 1.71. The smallest absolute Gasteiger partial charge is 0.251 e. The molecule has 1 N–H and O–H groups in total. The Kier molecular flexibility index (Phi) is 6.57. The Bertz CT molecular complexity index is 901. The average Bonchev–Trinajstić information content (AvgIpc) is 2.74. The number of carbonyl (C=O) groups excluding carboxylic acids is 1. The molecule has 0 aliphatic heterocycles. The van der Waals surface area contributed by atoms with E-state index in [0.717, 1.165) is 11.1 Å². The molecule has 1 aromatic carbocycles. The van der Waals surface area contributed by atoms with Crippen molar-refractivity contribution in [3.63, 3.8) is 0 Å². The number of hydrogen-bond donors (Lipinski definition) is 1. The molecule has 6 heteroatoms. The molecule has 0 fully saturated rings. The van der Waals surface area contributed by atoms with Gasteiger partial charge in [-0.15, -0.1) is 0 Å². The first-order valence-corrected chi connectivity index (χ1v) is 9.16. The molecule has 3 aromatic rings. The van der Waals surface area contributed by atoms with E-state index in [1.165, 1.54) is 0 Å². The number of amides is 1. The molecule has 3 rings (SSSR count). The van der Waals surface area contributed by atoms with E-state index in [1.54, 1.807) is 43.0 Å². The van der Waals surface area contributed by atoms with Crippen LogP contribution in [0.15, 0.2) is 67.3 Å². The van der Waals surface area contributed by atoms with E-state index in [-0.39, 0.29) is 11.9 Å². The Labute approximate surface area is 164 Å². The number of carbonyl (C=O) groups is 1. The van der Waals surface area contributed by atoms with E-state index in [1.807, 2.05) is 38.1 Å². The number of hydrogen-bond acceptors (Lipinski definition) is 5. The van der Waals surface area contributed by atoms with Crippen molar-refractivity contribution in [3.8, 4) is 11.5 Å². The highest BCUT2D eigenvalue weighted by Crippen LogP contribution is 2.29. The summed E-state index contributed by atoms with van der Waals surface area (Å²) >= 11 is 0. The van der Waals surface area contributed by atoms with Crippen LogP contribution in [0.1, 0.15) is 41.4 Å². The Morgan fingerprint density at radius 3 is 2.57 bits per heavy atom. The molecule has 1 amide bonds. The summed E-state index contributed by atoms with van der Waals surface area (Å²) < 4.78 is 11.5. The third kappa shape index (κ3) is 5.07. The first-order valence-electron chi connectivity index (χ1n) is 9.16. The van der Waals surface area contributed by atoms with Gasteiger partial charge in [0.25, 0.3) is 5.91 Å². The number of nitrogens with zero attached hydrogens (tertiary/aromatic N) is 2. The maximum Gasteiger partial charge on any atom is 0.251 e. The van der Waals surface area contributed by atoms with Crippen LogP contribution in [-0.2, 0) is 6.61 Å². The number of rotatable bonds is 8. The molecule has 0 bridgehead atoms. The standard InChI is InChI=1S/C22H23N3O3/c1-3-27-21-13-19(22(26)25-16(2)18-8-11-23-12-9-18)6-7-20(21)28-15-17-5-4-10-24-14-17/h4-14,16H,3,15H2,1-2H3,(H,25,26). The van der Waals surface area contributed by atoms with Gasteiger partial charge in [-0.2, -0.15) is 0 Å². The van der Waals surface area contributed by atoms with E-state index in [2.05, 4.69) is 15.3 Å². The van der Waals surface area contributed by atoms with Crippen LogP contribution in [0, 0.1) is 0 Å². The van der Waals surface area contributed by atoms with Crippen molar-refractivity contribution >= 4 is 5.91 Å². The van der Waals surface area contributed by atoms with Crippen LogP contribution in [0.4, 0.5) is 0 Å². The fourth-order valence-corrected chi connectivity index (χ4v) is 2.70. The summed E-state index contributed by atoms with van der Waals surface area (Å²) in [6.45, 7) is 4.67. The SMILES string of the molecule is CCOc1cc(C(=O)NC(C)c2ccncc2)ccc1OCc1cccnc1. The van der Waals surface area contributed by atoms with Gasteiger partial charge in [0, 0.05) is 35.9 Å². The first-order chi connectivity index (χ1) is 13.7. The molecular formula is C22H23N3O3. The lowest BCUT2D eigenvalue weighted by Crippen LogP contribution is -2.26. The monoisotopic (exact) mass is 377 g/mol. The average molecular weight is 377 g/mol. The second-order valence-corrected chi connectivity index (χ2v) is 6.22. The molecule has 0 saturated carbocycles. The van der Waals surface area contributed by atoms with Gasteiger partial charge in [-0.25, -0.2) is 0 Å². The molecule has 28 heavy (non-hydrogen) atoms. The lowest BCUT2D eigenvalue weighted by atomic mass is 10.1. The van der Waals surface area contributed by atoms with E-state index < -0.39 is 0 Å². The van der Waals surface area contributed by atoms with Gasteiger partial charge in [0.05, 0.1) is 12.6 Å². The van der Waals surface area contributed by atoms with Gasteiger partial charge in [0.2, 0.25) is 0 Å². The summed E-state index contributed by atoms with van der Waals surface area (Å²) in [5, 5.41) is 2.99. The second kappa shape index (κ2) is 9.50. The van der Waals surface area contributed by atoms with Crippen molar-refractivity contribution in [1.82, 2.24) is 15.3 Å². The van der Waals surface area contributed by atoms with E-state index in [9.17, 15) is 4.79 Å². The second-order valence-electron chi connectivity index (χ2n) is 6.22. The Morgan fingerprint density at radius 1 is 1.04 bits per heavy atom. The van der Waals surface area contributed by atoms with Crippen LogP contribution in [0.3, 0.4) is 0 Å². The fraction of sp³-hybridized carbons (Fsp3) is 0.227. The Morgan fingerprint density at radius 2 is 1.86 bits per heavy atom. The molecule has 6 nitrogen and oxygen atoms in total. The predicted molar refractivity (Wildman–Crippen MR) is 106 cm³/mol. The number of nitrogens with one attached hydrogen (secondary N) is 1. The van der Waals surface area contributed by atoms with Gasteiger partial charge in [0.1, 0.15) is 6.61 Å². The van der Waals surface area contributed by atoms with Crippen molar-refractivity contribution in [2.75, 3.05) is 6.61 Å². The van der Waals surface area contributed by atoms with Crippen molar-refractivity contribution in [3.05, 3.63) is 83.9 Å². The minimum atomic E-state index is -0.177. The van der Waals surface area contributed by atoms with Gasteiger partial charge < -0.3 is 14.8 Å².